The standard InChI is InChI=1S/C16H18BN3O6/c21-14-10(4-5-17(24)25)2-3-12(13(14)15(22)23)26-11-8-20(9-11)16-18-6-1-7-19-16/h1-3,6-7,11,21,24-25H,4-5,8-9H2,(H,22,23). The van der Waals surface area contributed by atoms with E-state index in [9.17, 15) is 15.0 Å². The van der Waals surface area contributed by atoms with Gasteiger partial charge in [0.05, 0.1) is 13.1 Å². The Morgan fingerprint density at radius 2 is 1.96 bits per heavy atom. The van der Waals surface area contributed by atoms with E-state index < -0.39 is 18.8 Å². The SMILES string of the molecule is O=C(O)c1c(OC2CN(c3ncccn3)C2)ccc(CCB(O)O)c1O. The fourth-order valence-corrected chi connectivity index (χ4v) is 2.72. The third-order valence-electron chi connectivity index (χ3n) is 4.09. The summed E-state index contributed by atoms with van der Waals surface area (Å²) in [5.41, 5.74) is -0.0138. The van der Waals surface area contributed by atoms with Gasteiger partial charge in [0.2, 0.25) is 5.95 Å². The first-order valence-electron chi connectivity index (χ1n) is 8.08. The smallest absolute Gasteiger partial charge is 0.451 e. The number of benzene rings is 1. The van der Waals surface area contributed by atoms with Crippen molar-refractivity contribution in [3.8, 4) is 11.5 Å². The zero-order valence-corrected chi connectivity index (χ0v) is 13.8. The Kier molecular flexibility index (Phi) is 5.24. The van der Waals surface area contributed by atoms with E-state index in [1.807, 2.05) is 4.90 Å². The molecule has 0 radical (unpaired) electrons. The summed E-state index contributed by atoms with van der Waals surface area (Å²) >= 11 is 0. The molecular formula is C16H18BN3O6. The Morgan fingerprint density at radius 3 is 2.58 bits per heavy atom. The second-order valence-electron chi connectivity index (χ2n) is 5.96. The van der Waals surface area contributed by atoms with Gasteiger partial charge in [-0.2, -0.15) is 0 Å². The minimum absolute atomic E-state index is 0.0124. The van der Waals surface area contributed by atoms with Crippen LogP contribution in [0.1, 0.15) is 15.9 Å². The zero-order chi connectivity index (χ0) is 18.7. The van der Waals surface area contributed by atoms with Gasteiger partial charge in [-0.3, -0.25) is 0 Å². The van der Waals surface area contributed by atoms with Crippen molar-refractivity contribution in [3.05, 3.63) is 41.7 Å². The number of nitrogens with zero attached hydrogens (tertiary/aromatic N) is 3. The molecule has 2 heterocycles. The number of hydrogen-bond donors (Lipinski definition) is 4. The maximum Gasteiger partial charge on any atom is 0.451 e. The Labute approximate surface area is 149 Å². The summed E-state index contributed by atoms with van der Waals surface area (Å²) in [6, 6.07) is 4.72. The molecule has 0 atom stereocenters. The molecule has 4 N–H and O–H groups in total. The molecular weight excluding hydrogens is 341 g/mol. The minimum Gasteiger partial charge on any atom is -0.507 e. The van der Waals surface area contributed by atoms with E-state index in [1.54, 1.807) is 18.5 Å². The first-order valence-corrected chi connectivity index (χ1v) is 8.08. The second kappa shape index (κ2) is 7.59. The topological polar surface area (TPSA) is 136 Å². The van der Waals surface area contributed by atoms with E-state index in [2.05, 4.69) is 9.97 Å². The van der Waals surface area contributed by atoms with Crippen molar-refractivity contribution in [1.29, 1.82) is 0 Å². The molecule has 10 heteroatoms. The third kappa shape index (κ3) is 3.86. The Balaban J connectivity index is 1.70. The molecule has 0 saturated carbocycles. The van der Waals surface area contributed by atoms with E-state index >= 15 is 0 Å². The van der Waals surface area contributed by atoms with Crippen LogP contribution in [-0.4, -0.2) is 62.5 Å². The number of aromatic nitrogens is 2. The minimum atomic E-state index is -1.53. The van der Waals surface area contributed by atoms with E-state index in [-0.39, 0.29) is 30.2 Å². The molecule has 0 amide bonds. The van der Waals surface area contributed by atoms with Gasteiger partial charge in [0, 0.05) is 12.4 Å². The van der Waals surface area contributed by atoms with Crippen LogP contribution in [0, 0.1) is 0 Å². The summed E-state index contributed by atoms with van der Waals surface area (Å²) in [5.74, 6) is -1.09. The van der Waals surface area contributed by atoms with Crippen LogP contribution in [0.25, 0.3) is 0 Å². The molecule has 0 unspecified atom stereocenters. The van der Waals surface area contributed by atoms with E-state index in [0.29, 0.717) is 24.6 Å². The first kappa shape index (κ1) is 18.0. The third-order valence-corrected chi connectivity index (χ3v) is 4.09. The van der Waals surface area contributed by atoms with Crippen molar-refractivity contribution in [2.75, 3.05) is 18.0 Å². The fraction of sp³-hybridized carbons (Fsp3) is 0.312. The summed E-state index contributed by atoms with van der Waals surface area (Å²) in [6.45, 7) is 1.00. The monoisotopic (exact) mass is 359 g/mol. The molecule has 2 aromatic rings. The van der Waals surface area contributed by atoms with Crippen molar-refractivity contribution >= 4 is 19.0 Å². The van der Waals surface area contributed by atoms with Gasteiger partial charge in [-0.05, 0) is 30.4 Å². The molecule has 1 aliphatic rings. The number of carbonyl (C=O) groups is 1. The highest BCUT2D eigenvalue weighted by Crippen LogP contribution is 2.34. The van der Waals surface area contributed by atoms with Crippen molar-refractivity contribution in [2.24, 2.45) is 0 Å². The van der Waals surface area contributed by atoms with Crippen LogP contribution in [-0.2, 0) is 6.42 Å². The highest BCUT2D eigenvalue weighted by Gasteiger charge is 2.32. The number of phenols is 1. The lowest BCUT2D eigenvalue weighted by atomic mass is 9.82. The number of ether oxygens (including phenoxy) is 1. The van der Waals surface area contributed by atoms with Gasteiger partial charge in [-0.1, -0.05) is 6.07 Å². The van der Waals surface area contributed by atoms with Crippen LogP contribution in [0.3, 0.4) is 0 Å². The molecule has 0 aliphatic carbocycles. The van der Waals surface area contributed by atoms with E-state index in [1.165, 1.54) is 12.1 Å². The van der Waals surface area contributed by atoms with Crippen molar-refractivity contribution in [2.45, 2.75) is 18.8 Å². The van der Waals surface area contributed by atoms with Gasteiger partial charge in [-0.25, -0.2) is 14.8 Å². The Morgan fingerprint density at radius 1 is 1.27 bits per heavy atom. The van der Waals surface area contributed by atoms with Crippen LogP contribution in [0.5, 0.6) is 11.5 Å². The van der Waals surface area contributed by atoms with E-state index in [4.69, 9.17) is 14.8 Å². The van der Waals surface area contributed by atoms with Gasteiger partial charge >= 0.3 is 13.1 Å². The second-order valence-corrected chi connectivity index (χ2v) is 5.96. The summed E-state index contributed by atoms with van der Waals surface area (Å²) in [5, 5.41) is 37.5. The molecule has 1 fully saturated rings. The lowest BCUT2D eigenvalue weighted by Crippen LogP contribution is -2.54. The molecule has 1 saturated heterocycles. The van der Waals surface area contributed by atoms with Crippen molar-refractivity contribution in [1.82, 2.24) is 9.97 Å². The number of hydrogen-bond acceptors (Lipinski definition) is 8. The Bertz CT molecular complexity index is 783. The van der Waals surface area contributed by atoms with Gasteiger partial charge in [0.1, 0.15) is 23.2 Å². The van der Waals surface area contributed by atoms with Crippen LogP contribution in [0.15, 0.2) is 30.6 Å². The average Bonchev–Trinajstić information content (AvgIpc) is 2.57. The molecule has 1 aliphatic heterocycles. The molecule has 3 rings (SSSR count). The average molecular weight is 359 g/mol. The molecule has 26 heavy (non-hydrogen) atoms. The molecule has 0 spiro atoms. The van der Waals surface area contributed by atoms with Gasteiger partial charge < -0.3 is 29.9 Å². The van der Waals surface area contributed by atoms with Gasteiger partial charge in [0.25, 0.3) is 0 Å². The van der Waals surface area contributed by atoms with Crippen LogP contribution >= 0.6 is 0 Å². The molecule has 1 aromatic carbocycles. The summed E-state index contributed by atoms with van der Waals surface area (Å²) < 4.78 is 5.72. The predicted molar refractivity (Wildman–Crippen MR) is 92.4 cm³/mol. The maximum atomic E-state index is 11.5. The molecule has 9 nitrogen and oxygen atoms in total. The summed E-state index contributed by atoms with van der Waals surface area (Å²) in [6.07, 6.45) is 3.15. The Hall–Kier alpha value is -2.85. The van der Waals surface area contributed by atoms with Crippen LogP contribution in [0.2, 0.25) is 6.32 Å². The van der Waals surface area contributed by atoms with Crippen molar-refractivity contribution < 1.29 is 29.8 Å². The fourth-order valence-electron chi connectivity index (χ4n) is 2.72. The lowest BCUT2D eigenvalue weighted by Gasteiger charge is -2.39. The van der Waals surface area contributed by atoms with Crippen LogP contribution in [0.4, 0.5) is 5.95 Å². The summed E-state index contributed by atoms with van der Waals surface area (Å²) in [7, 11) is -1.53. The largest absolute Gasteiger partial charge is 0.507 e. The van der Waals surface area contributed by atoms with Crippen LogP contribution < -0.4 is 9.64 Å². The molecule has 1 aromatic heterocycles. The number of carboxylic acids is 1. The number of rotatable bonds is 7. The number of aromatic carboxylic acids is 1. The zero-order valence-electron chi connectivity index (χ0n) is 13.8. The first-order chi connectivity index (χ1) is 12.5. The number of carboxylic acid groups (broad SMARTS) is 1. The highest BCUT2D eigenvalue weighted by molar-refractivity contribution is 6.41. The quantitative estimate of drug-likeness (QED) is 0.510. The number of aromatic hydroxyl groups is 1. The predicted octanol–water partition coefficient (Wildman–Crippen LogP) is 0.163. The number of aryl methyl sites for hydroxylation is 1. The molecule has 0 bridgehead atoms. The van der Waals surface area contributed by atoms with Crippen molar-refractivity contribution in [3.63, 3.8) is 0 Å². The molecule has 136 valence electrons. The lowest BCUT2D eigenvalue weighted by molar-refractivity contribution is 0.0683. The highest BCUT2D eigenvalue weighted by atomic mass is 16.5. The summed E-state index contributed by atoms with van der Waals surface area (Å²) in [4.78, 5) is 21.7. The van der Waals surface area contributed by atoms with Gasteiger partial charge in [-0.15, -0.1) is 0 Å². The maximum absolute atomic E-state index is 11.5. The normalized spacial score (nSPS) is 14.0. The van der Waals surface area contributed by atoms with Gasteiger partial charge in [0.15, 0.2) is 0 Å². The van der Waals surface area contributed by atoms with E-state index in [0.717, 1.165) is 0 Å². The number of anilines is 1.